The van der Waals surface area contributed by atoms with Crippen molar-refractivity contribution in [3.05, 3.63) is 65.5 Å². The zero-order valence-corrected chi connectivity index (χ0v) is 18.0. The Morgan fingerprint density at radius 2 is 1.90 bits per heavy atom. The van der Waals surface area contributed by atoms with E-state index in [1.807, 2.05) is 62.4 Å². The zero-order valence-electron chi connectivity index (χ0n) is 17.2. The molecule has 0 bridgehead atoms. The topological polar surface area (TPSA) is 106 Å². The molecule has 1 heterocycles. The van der Waals surface area contributed by atoms with Gasteiger partial charge in [0.15, 0.2) is 0 Å². The highest BCUT2D eigenvalue weighted by Crippen LogP contribution is 2.19. The number of nitrogens with two attached hydrogens (primary N) is 1. The average Bonchev–Trinajstić information content (AvgIpc) is 2.69. The van der Waals surface area contributed by atoms with Gasteiger partial charge < -0.3 is 16.4 Å². The molecule has 0 atom stereocenters. The van der Waals surface area contributed by atoms with Crippen LogP contribution >= 0.6 is 11.8 Å². The van der Waals surface area contributed by atoms with E-state index < -0.39 is 0 Å². The molecule has 0 radical (unpaired) electrons. The van der Waals surface area contributed by atoms with E-state index in [-0.39, 0.29) is 11.9 Å². The molecule has 1 aromatic heterocycles. The molecule has 0 aliphatic carbocycles. The molecule has 0 aliphatic heterocycles. The number of nitrogen functional groups attached to an aromatic ring is 1. The number of thioether (sulfide) groups is 1. The van der Waals surface area contributed by atoms with Gasteiger partial charge in [-0.3, -0.25) is 4.79 Å². The molecule has 0 saturated heterocycles. The molecule has 0 spiro atoms. The first kappa shape index (κ1) is 21.6. The third-order valence-corrected chi connectivity index (χ3v) is 5.36. The van der Waals surface area contributed by atoms with Crippen molar-refractivity contribution in [3.63, 3.8) is 0 Å². The van der Waals surface area contributed by atoms with Crippen LogP contribution in [-0.2, 0) is 10.5 Å². The van der Waals surface area contributed by atoms with Crippen molar-refractivity contribution < 1.29 is 4.79 Å². The lowest BCUT2D eigenvalue weighted by molar-refractivity contribution is -0.116. The number of rotatable bonds is 9. The summed E-state index contributed by atoms with van der Waals surface area (Å²) in [4.78, 5) is 24.9. The number of anilines is 4. The van der Waals surface area contributed by atoms with E-state index in [2.05, 4.69) is 25.6 Å². The van der Waals surface area contributed by atoms with Gasteiger partial charge in [-0.1, -0.05) is 30.3 Å². The first-order valence-electron chi connectivity index (χ1n) is 9.77. The van der Waals surface area contributed by atoms with Gasteiger partial charge in [-0.2, -0.15) is 26.7 Å². The van der Waals surface area contributed by atoms with Gasteiger partial charge in [0.25, 0.3) is 0 Å². The summed E-state index contributed by atoms with van der Waals surface area (Å²) in [5, 5.41) is 6.12. The predicted molar refractivity (Wildman–Crippen MR) is 124 cm³/mol. The second-order valence-corrected chi connectivity index (χ2v) is 8.05. The first-order valence-corrected chi connectivity index (χ1v) is 10.9. The number of benzene rings is 2. The lowest BCUT2D eigenvalue weighted by atomic mass is 10.2. The molecule has 2 aromatic carbocycles. The first-order chi connectivity index (χ1) is 14.5. The molecule has 30 heavy (non-hydrogen) atoms. The van der Waals surface area contributed by atoms with Gasteiger partial charge in [0, 0.05) is 17.8 Å². The van der Waals surface area contributed by atoms with Gasteiger partial charge in [0.05, 0.1) is 5.75 Å². The Hall–Kier alpha value is -3.13. The second kappa shape index (κ2) is 10.6. The van der Waals surface area contributed by atoms with Crippen LogP contribution in [0.3, 0.4) is 0 Å². The summed E-state index contributed by atoms with van der Waals surface area (Å²) in [7, 11) is 0. The monoisotopic (exact) mass is 422 g/mol. The molecular formula is C22H26N6OS. The van der Waals surface area contributed by atoms with Crippen LogP contribution in [0.25, 0.3) is 0 Å². The summed E-state index contributed by atoms with van der Waals surface area (Å²) in [5.74, 6) is 2.70. The summed E-state index contributed by atoms with van der Waals surface area (Å²) in [6, 6.07) is 15.7. The number of hydrogen-bond acceptors (Lipinski definition) is 7. The van der Waals surface area contributed by atoms with Gasteiger partial charge >= 0.3 is 0 Å². The molecular weight excluding hydrogens is 396 g/mol. The van der Waals surface area contributed by atoms with Crippen LogP contribution in [0.2, 0.25) is 0 Å². The van der Waals surface area contributed by atoms with Crippen LogP contribution < -0.4 is 16.4 Å². The Morgan fingerprint density at radius 3 is 2.70 bits per heavy atom. The van der Waals surface area contributed by atoms with Crippen molar-refractivity contribution in [3.8, 4) is 0 Å². The predicted octanol–water partition coefficient (Wildman–Crippen LogP) is 4.47. The Balaban J connectivity index is 1.44. The summed E-state index contributed by atoms with van der Waals surface area (Å²) >= 11 is 1.67. The molecule has 7 nitrogen and oxygen atoms in total. The maximum absolute atomic E-state index is 12.1. The highest BCUT2D eigenvalue weighted by atomic mass is 32.2. The molecule has 3 rings (SSSR count). The number of aryl methyl sites for hydroxylation is 2. The van der Waals surface area contributed by atoms with Crippen LogP contribution in [-0.4, -0.2) is 26.6 Å². The molecule has 8 heteroatoms. The number of para-hydroxylation sites is 1. The van der Waals surface area contributed by atoms with Crippen LogP contribution in [0.5, 0.6) is 0 Å². The standard InChI is InChI=1S/C22H26N6OS/c1-15-7-5-9-17(13-15)24-20(29)11-6-12-30-14-19-26-21(23)28-22(27-19)25-18-10-4-3-8-16(18)2/h3-5,7-10,13H,6,11-12,14H2,1-2H3,(H,24,29)(H3,23,25,26,27,28). The third kappa shape index (κ3) is 6.73. The minimum absolute atomic E-state index is 0.0234. The number of nitrogens with one attached hydrogen (secondary N) is 2. The van der Waals surface area contributed by atoms with Gasteiger partial charge in [0.1, 0.15) is 5.82 Å². The fourth-order valence-electron chi connectivity index (χ4n) is 2.84. The quantitative estimate of drug-likeness (QED) is 0.437. The highest BCUT2D eigenvalue weighted by molar-refractivity contribution is 7.98. The summed E-state index contributed by atoms with van der Waals surface area (Å²) in [6.45, 7) is 4.01. The summed E-state index contributed by atoms with van der Waals surface area (Å²) < 4.78 is 0. The fourth-order valence-corrected chi connectivity index (χ4v) is 3.64. The number of carbonyl (C=O) groups excluding carboxylic acids is 1. The largest absolute Gasteiger partial charge is 0.368 e. The van der Waals surface area contributed by atoms with Crippen LogP contribution in [0.15, 0.2) is 48.5 Å². The minimum Gasteiger partial charge on any atom is -0.368 e. The van der Waals surface area contributed by atoms with Crippen LogP contribution in [0.1, 0.15) is 29.8 Å². The fraction of sp³-hybridized carbons (Fsp3) is 0.273. The maximum atomic E-state index is 12.1. The van der Waals surface area contributed by atoms with E-state index in [0.29, 0.717) is 23.9 Å². The normalized spacial score (nSPS) is 10.6. The van der Waals surface area contributed by atoms with Crippen molar-refractivity contribution in [1.82, 2.24) is 15.0 Å². The smallest absolute Gasteiger partial charge is 0.232 e. The number of amides is 1. The molecule has 0 saturated carbocycles. The van der Waals surface area contributed by atoms with Gasteiger partial charge in [0.2, 0.25) is 17.8 Å². The van der Waals surface area contributed by atoms with E-state index in [4.69, 9.17) is 5.73 Å². The third-order valence-electron chi connectivity index (χ3n) is 4.32. The Morgan fingerprint density at radius 1 is 1.07 bits per heavy atom. The minimum atomic E-state index is 0.0234. The maximum Gasteiger partial charge on any atom is 0.232 e. The van der Waals surface area contributed by atoms with Gasteiger partial charge in [-0.25, -0.2) is 0 Å². The van der Waals surface area contributed by atoms with E-state index in [1.165, 1.54) is 0 Å². The summed E-state index contributed by atoms with van der Waals surface area (Å²) in [6.07, 6.45) is 1.25. The number of hydrogen-bond donors (Lipinski definition) is 3. The van der Waals surface area contributed by atoms with Gasteiger partial charge in [-0.05, 0) is 55.3 Å². The molecule has 156 valence electrons. The molecule has 4 N–H and O–H groups in total. The average molecular weight is 423 g/mol. The molecule has 0 unspecified atom stereocenters. The number of nitrogens with zero attached hydrogens (tertiary/aromatic N) is 3. The van der Waals surface area contributed by atoms with Crippen molar-refractivity contribution >= 4 is 40.9 Å². The summed E-state index contributed by atoms with van der Waals surface area (Å²) in [5.41, 5.74) is 9.82. The number of carbonyl (C=O) groups is 1. The lowest BCUT2D eigenvalue weighted by Gasteiger charge is -2.09. The molecule has 0 fully saturated rings. The molecule has 0 aliphatic rings. The Labute approximate surface area is 180 Å². The SMILES string of the molecule is Cc1cccc(NC(=O)CCCSCc2nc(N)nc(Nc3ccccc3C)n2)c1. The number of aromatic nitrogens is 3. The molecule has 3 aromatic rings. The lowest BCUT2D eigenvalue weighted by Crippen LogP contribution is -2.11. The van der Waals surface area contributed by atoms with Crippen molar-refractivity contribution in [1.29, 1.82) is 0 Å². The second-order valence-electron chi connectivity index (χ2n) is 6.95. The van der Waals surface area contributed by atoms with E-state index >= 15 is 0 Å². The van der Waals surface area contributed by atoms with Crippen molar-refractivity contribution in [2.75, 3.05) is 22.1 Å². The Kier molecular flexibility index (Phi) is 7.62. The van der Waals surface area contributed by atoms with E-state index in [9.17, 15) is 4.79 Å². The van der Waals surface area contributed by atoms with Crippen molar-refractivity contribution in [2.24, 2.45) is 0 Å². The van der Waals surface area contributed by atoms with E-state index in [1.54, 1.807) is 11.8 Å². The van der Waals surface area contributed by atoms with Crippen LogP contribution in [0.4, 0.5) is 23.3 Å². The van der Waals surface area contributed by atoms with Crippen molar-refractivity contribution in [2.45, 2.75) is 32.4 Å². The molecule has 1 amide bonds. The highest BCUT2D eigenvalue weighted by Gasteiger charge is 2.07. The van der Waals surface area contributed by atoms with Crippen LogP contribution in [0, 0.1) is 13.8 Å². The van der Waals surface area contributed by atoms with E-state index in [0.717, 1.165) is 34.7 Å². The Bertz CT molecular complexity index is 1010. The zero-order chi connectivity index (χ0) is 21.3. The van der Waals surface area contributed by atoms with Gasteiger partial charge in [-0.15, -0.1) is 0 Å².